The number of anilines is 2. The Hall–Kier alpha value is -1.50. The van der Waals surface area contributed by atoms with Crippen LogP contribution in [0, 0.1) is 6.92 Å². The number of nitrogens with one attached hydrogen (secondary N) is 1. The maximum Gasteiger partial charge on any atom is 0.262 e. The smallest absolute Gasteiger partial charge is 0.262 e. The molecule has 0 spiro atoms. The molecule has 0 aliphatic heterocycles. The first-order valence-corrected chi connectivity index (χ1v) is 7.73. The van der Waals surface area contributed by atoms with Crippen molar-refractivity contribution in [2.75, 3.05) is 10.5 Å². The molecular weight excluding hydrogens is 321 g/mol. The molecule has 8 heteroatoms. The number of halogens is 2. The van der Waals surface area contributed by atoms with Crippen LogP contribution in [0.5, 0.6) is 0 Å². The van der Waals surface area contributed by atoms with Gasteiger partial charge in [0.05, 0.1) is 32.5 Å². The second kappa shape index (κ2) is 5.47. The largest absolute Gasteiger partial charge is 0.396 e. The van der Waals surface area contributed by atoms with Crippen molar-refractivity contribution in [1.82, 2.24) is 4.98 Å². The van der Waals surface area contributed by atoms with Crippen LogP contribution in [0.3, 0.4) is 0 Å². The van der Waals surface area contributed by atoms with Crippen LogP contribution in [-0.4, -0.2) is 13.4 Å². The predicted octanol–water partition coefficient (Wildman–Crippen LogP) is 3.08. The molecule has 5 nitrogen and oxygen atoms in total. The van der Waals surface area contributed by atoms with Crippen LogP contribution in [-0.2, 0) is 10.0 Å². The molecule has 0 atom stereocenters. The van der Waals surface area contributed by atoms with E-state index in [1.807, 2.05) is 0 Å². The van der Waals surface area contributed by atoms with E-state index in [0.717, 1.165) is 5.56 Å². The Kier molecular flexibility index (Phi) is 4.08. The summed E-state index contributed by atoms with van der Waals surface area (Å²) < 4.78 is 27.0. The molecule has 20 heavy (non-hydrogen) atoms. The van der Waals surface area contributed by atoms with E-state index in [4.69, 9.17) is 28.9 Å². The zero-order chi connectivity index (χ0) is 14.9. The van der Waals surface area contributed by atoms with E-state index in [0.29, 0.717) is 5.69 Å². The first-order valence-electron chi connectivity index (χ1n) is 5.49. The van der Waals surface area contributed by atoms with Crippen molar-refractivity contribution in [2.45, 2.75) is 11.8 Å². The van der Waals surface area contributed by atoms with Crippen LogP contribution < -0.4 is 10.5 Å². The number of aryl methyl sites for hydroxylation is 1. The topological polar surface area (TPSA) is 85.1 Å². The highest BCUT2D eigenvalue weighted by molar-refractivity contribution is 7.92. The minimum absolute atomic E-state index is 0.0649. The van der Waals surface area contributed by atoms with Gasteiger partial charge in [-0.3, -0.25) is 9.71 Å². The first kappa shape index (κ1) is 14.9. The van der Waals surface area contributed by atoms with Crippen molar-refractivity contribution in [3.05, 3.63) is 46.2 Å². The summed E-state index contributed by atoms with van der Waals surface area (Å²) >= 11 is 11.7. The summed E-state index contributed by atoms with van der Waals surface area (Å²) in [6.45, 7) is 1.77. The lowest BCUT2D eigenvalue weighted by Gasteiger charge is -2.11. The molecule has 0 fully saturated rings. The SMILES string of the molecule is Cc1ccncc1NS(=O)(=O)c1cc(Cl)c(N)c(Cl)c1. The number of nitrogens with two attached hydrogens (primary N) is 1. The third-order valence-electron chi connectivity index (χ3n) is 2.65. The number of sulfonamides is 1. The number of benzene rings is 1. The van der Waals surface area contributed by atoms with Gasteiger partial charge in [-0.15, -0.1) is 0 Å². The molecule has 0 amide bonds. The van der Waals surface area contributed by atoms with Crippen molar-refractivity contribution in [1.29, 1.82) is 0 Å². The maximum absolute atomic E-state index is 12.3. The van der Waals surface area contributed by atoms with Gasteiger partial charge in [0.25, 0.3) is 10.0 Å². The fraction of sp³-hybridized carbons (Fsp3) is 0.0833. The number of hydrogen-bond donors (Lipinski definition) is 2. The minimum Gasteiger partial charge on any atom is -0.396 e. The zero-order valence-corrected chi connectivity index (χ0v) is 12.7. The Morgan fingerprint density at radius 1 is 1.25 bits per heavy atom. The molecule has 1 aromatic carbocycles. The van der Waals surface area contributed by atoms with E-state index in [1.165, 1.54) is 18.3 Å². The lowest BCUT2D eigenvalue weighted by molar-refractivity contribution is 0.601. The number of nitrogens with zero attached hydrogens (tertiary/aromatic N) is 1. The fourth-order valence-corrected chi connectivity index (χ4v) is 3.27. The molecule has 1 aromatic heterocycles. The van der Waals surface area contributed by atoms with Crippen LogP contribution in [0.25, 0.3) is 0 Å². The molecule has 0 aliphatic carbocycles. The summed E-state index contributed by atoms with van der Waals surface area (Å²) in [7, 11) is -3.81. The third-order valence-corrected chi connectivity index (χ3v) is 4.62. The van der Waals surface area contributed by atoms with Gasteiger partial charge in [0.2, 0.25) is 0 Å². The van der Waals surface area contributed by atoms with Crippen LogP contribution in [0.4, 0.5) is 11.4 Å². The van der Waals surface area contributed by atoms with Crippen LogP contribution in [0.1, 0.15) is 5.56 Å². The van der Waals surface area contributed by atoms with E-state index >= 15 is 0 Å². The van der Waals surface area contributed by atoms with Gasteiger partial charge < -0.3 is 5.73 Å². The van der Waals surface area contributed by atoms with Gasteiger partial charge in [0.1, 0.15) is 0 Å². The first-order chi connectivity index (χ1) is 9.31. The van der Waals surface area contributed by atoms with Crippen LogP contribution >= 0.6 is 23.2 Å². The molecule has 0 saturated heterocycles. The second-order valence-electron chi connectivity index (χ2n) is 4.10. The van der Waals surface area contributed by atoms with Gasteiger partial charge in [-0.1, -0.05) is 23.2 Å². The molecule has 1 heterocycles. The van der Waals surface area contributed by atoms with E-state index in [9.17, 15) is 8.42 Å². The van der Waals surface area contributed by atoms with Gasteiger partial charge in [0.15, 0.2) is 0 Å². The highest BCUT2D eigenvalue weighted by atomic mass is 35.5. The fourth-order valence-electron chi connectivity index (χ4n) is 1.49. The Labute approximate surface area is 126 Å². The highest BCUT2D eigenvalue weighted by Gasteiger charge is 2.18. The molecule has 0 aliphatic rings. The van der Waals surface area contributed by atoms with Gasteiger partial charge in [-0.25, -0.2) is 8.42 Å². The summed E-state index contributed by atoms with van der Waals surface area (Å²) in [5, 5.41) is 0.168. The third kappa shape index (κ3) is 2.98. The average molecular weight is 332 g/mol. The predicted molar refractivity (Wildman–Crippen MR) is 80.7 cm³/mol. The summed E-state index contributed by atoms with van der Waals surface area (Å²) in [6.07, 6.45) is 3.00. The van der Waals surface area contributed by atoms with Crippen molar-refractivity contribution in [2.24, 2.45) is 0 Å². The van der Waals surface area contributed by atoms with E-state index < -0.39 is 10.0 Å². The van der Waals surface area contributed by atoms with Gasteiger partial charge >= 0.3 is 0 Å². The van der Waals surface area contributed by atoms with E-state index in [-0.39, 0.29) is 20.6 Å². The van der Waals surface area contributed by atoms with E-state index in [1.54, 1.807) is 19.2 Å². The van der Waals surface area contributed by atoms with Crippen LogP contribution in [0.2, 0.25) is 10.0 Å². The Bertz CT molecular complexity index is 740. The Morgan fingerprint density at radius 2 is 1.85 bits per heavy atom. The normalized spacial score (nSPS) is 11.3. The van der Waals surface area contributed by atoms with Gasteiger partial charge in [0, 0.05) is 6.20 Å². The standard InChI is InChI=1S/C12H11Cl2N3O2S/c1-7-2-3-16-6-11(7)17-20(18,19)8-4-9(13)12(15)10(14)5-8/h2-6,17H,15H2,1H3. The molecule has 0 saturated carbocycles. The molecular formula is C12H11Cl2N3O2S. The van der Waals surface area contributed by atoms with Gasteiger partial charge in [-0.2, -0.15) is 0 Å². The van der Waals surface area contributed by atoms with E-state index in [2.05, 4.69) is 9.71 Å². The summed E-state index contributed by atoms with van der Waals surface area (Å²) in [5.74, 6) is 0. The lowest BCUT2D eigenvalue weighted by atomic mass is 10.3. The molecule has 0 bridgehead atoms. The number of rotatable bonds is 3. The Morgan fingerprint density at radius 3 is 2.40 bits per heavy atom. The van der Waals surface area contributed by atoms with Gasteiger partial charge in [-0.05, 0) is 30.7 Å². The van der Waals surface area contributed by atoms with Crippen molar-refractivity contribution in [3.63, 3.8) is 0 Å². The molecule has 2 aromatic rings. The number of aromatic nitrogens is 1. The van der Waals surface area contributed by atoms with Crippen molar-refractivity contribution >= 4 is 44.6 Å². The lowest BCUT2D eigenvalue weighted by Crippen LogP contribution is -2.14. The average Bonchev–Trinajstić information content (AvgIpc) is 2.38. The number of nitrogen functional groups attached to an aromatic ring is 1. The highest BCUT2D eigenvalue weighted by Crippen LogP contribution is 2.31. The zero-order valence-electron chi connectivity index (χ0n) is 10.4. The molecule has 3 N–H and O–H groups in total. The van der Waals surface area contributed by atoms with Crippen molar-refractivity contribution < 1.29 is 8.42 Å². The van der Waals surface area contributed by atoms with Crippen molar-refractivity contribution in [3.8, 4) is 0 Å². The monoisotopic (exact) mass is 331 g/mol. The summed E-state index contributed by atoms with van der Waals surface area (Å²) in [4.78, 5) is 3.81. The number of hydrogen-bond acceptors (Lipinski definition) is 4. The molecule has 2 rings (SSSR count). The Balaban J connectivity index is 2.44. The molecule has 0 unspecified atom stereocenters. The molecule has 106 valence electrons. The quantitative estimate of drug-likeness (QED) is 0.846. The summed E-state index contributed by atoms with van der Waals surface area (Å²) in [6, 6.07) is 4.19. The van der Waals surface area contributed by atoms with Crippen LogP contribution in [0.15, 0.2) is 35.5 Å². The number of pyridine rings is 1. The molecule has 0 radical (unpaired) electrons. The summed E-state index contributed by atoms with van der Waals surface area (Å²) in [5.41, 5.74) is 6.86. The minimum atomic E-state index is -3.81. The maximum atomic E-state index is 12.3. The second-order valence-corrected chi connectivity index (χ2v) is 6.59.